The van der Waals surface area contributed by atoms with E-state index in [0.29, 0.717) is 0 Å². The van der Waals surface area contributed by atoms with Gasteiger partial charge in [-0.25, -0.2) is 14.8 Å². The number of fused-ring (bicyclic) bond motifs is 1. The molecule has 6 nitrogen and oxygen atoms in total. The Hall–Kier alpha value is -1.42. The van der Waals surface area contributed by atoms with Gasteiger partial charge < -0.3 is 5.32 Å². The summed E-state index contributed by atoms with van der Waals surface area (Å²) in [4.78, 5) is 17.9. The van der Waals surface area contributed by atoms with Gasteiger partial charge in [-0.2, -0.15) is 13.2 Å². The van der Waals surface area contributed by atoms with Crippen LogP contribution in [0.1, 0.15) is 5.82 Å². The molecule has 0 saturated heterocycles. The summed E-state index contributed by atoms with van der Waals surface area (Å²) in [5.74, 6) is -1.96. The van der Waals surface area contributed by atoms with Crippen molar-refractivity contribution in [3.63, 3.8) is 0 Å². The van der Waals surface area contributed by atoms with Gasteiger partial charge in [-0.05, 0) is 0 Å². The third-order valence-electron chi connectivity index (χ3n) is 2.69. The largest absolute Gasteiger partial charge is 0.451 e. The zero-order valence-electron chi connectivity index (χ0n) is 11.4. The van der Waals surface area contributed by atoms with Crippen molar-refractivity contribution in [1.82, 2.24) is 20.7 Å². The fourth-order valence-corrected chi connectivity index (χ4v) is 2.60. The van der Waals surface area contributed by atoms with Crippen molar-refractivity contribution in [2.24, 2.45) is 0 Å². The maximum Gasteiger partial charge on any atom is 0.451 e. The zero-order valence-corrected chi connectivity index (χ0v) is 14.5. The fraction of sp³-hybridized carbons (Fsp3) is 0.182. The predicted molar refractivity (Wildman–Crippen MR) is 85.8 cm³/mol. The lowest BCUT2D eigenvalue weighted by Gasteiger charge is -2.15. The number of carbonyl (C=O) groups excluding carboxylic acids is 1. The second-order valence-corrected chi connectivity index (χ2v) is 5.71. The van der Waals surface area contributed by atoms with Crippen LogP contribution in [0.4, 0.5) is 23.8 Å². The van der Waals surface area contributed by atoms with Crippen LogP contribution in [0, 0.1) is 0 Å². The van der Waals surface area contributed by atoms with Crippen molar-refractivity contribution in [3.05, 3.63) is 25.9 Å². The lowest BCUT2D eigenvalue weighted by molar-refractivity contribution is -0.144. The molecule has 2 amide bonds. The monoisotopic (exact) mass is 421 g/mol. The zero-order chi connectivity index (χ0) is 18.2. The standard InChI is InChI=1S/C11H6Cl4F3N5O/c1-19-10(24)23-22-8-2-3(12)4(13)5(14)6(15)7(2)20-9(21-8)11(16,17)18/h1H3,(H2,19,23,24)(H,20,21,22). The van der Waals surface area contributed by atoms with Crippen LogP contribution in [-0.4, -0.2) is 23.0 Å². The molecule has 1 heterocycles. The highest BCUT2D eigenvalue weighted by Crippen LogP contribution is 2.45. The third-order valence-corrected chi connectivity index (χ3v) is 4.48. The van der Waals surface area contributed by atoms with Crippen LogP contribution in [0.15, 0.2) is 0 Å². The second kappa shape index (κ2) is 6.83. The van der Waals surface area contributed by atoms with Gasteiger partial charge >= 0.3 is 12.2 Å². The first kappa shape index (κ1) is 18.9. The maximum absolute atomic E-state index is 13.0. The molecular formula is C11H6Cl4F3N5O. The van der Waals surface area contributed by atoms with E-state index >= 15 is 0 Å². The van der Waals surface area contributed by atoms with Gasteiger partial charge in [0.1, 0.15) is 0 Å². The normalized spacial score (nSPS) is 11.5. The number of nitrogens with zero attached hydrogens (tertiary/aromatic N) is 2. The number of urea groups is 1. The molecule has 0 unspecified atom stereocenters. The SMILES string of the molecule is CNC(=O)NNc1nc(C(F)(F)F)nc2c(Cl)c(Cl)c(Cl)c(Cl)c12. The number of aromatic nitrogens is 2. The number of halogens is 7. The minimum atomic E-state index is -4.88. The minimum absolute atomic E-state index is 0.138. The molecule has 0 fully saturated rings. The van der Waals surface area contributed by atoms with Crippen LogP contribution in [0.5, 0.6) is 0 Å². The molecule has 0 aliphatic rings. The predicted octanol–water partition coefficient (Wildman–Crippen LogP) is 4.52. The number of hydrazine groups is 1. The lowest BCUT2D eigenvalue weighted by atomic mass is 10.2. The van der Waals surface area contributed by atoms with E-state index in [-0.39, 0.29) is 31.0 Å². The van der Waals surface area contributed by atoms with Crippen LogP contribution in [0.25, 0.3) is 10.9 Å². The first-order chi connectivity index (χ1) is 11.1. The highest BCUT2D eigenvalue weighted by atomic mass is 35.5. The number of nitrogens with one attached hydrogen (secondary N) is 3. The Bertz CT molecular complexity index is 830. The Morgan fingerprint density at radius 1 is 1.00 bits per heavy atom. The Kier molecular flexibility index (Phi) is 5.38. The quantitative estimate of drug-likeness (QED) is 0.377. The molecule has 2 aromatic rings. The van der Waals surface area contributed by atoms with Crippen LogP contribution in [0.3, 0.4) is 0 Å². The van der Waals surface area contributed by atoms with Crippen molar-refractivity contribution in [2.45, 2.75) is 6.18 Å². The fourth-order valence-electron chi connectivity index (χ4n) is 1.63. The molecular weight excluding hydrogens is 417 g/mol. The van der Waals surface area contributed by atoms with Gasteiger partial charge in [0.05, 0.1) is 31.0 Å². The highest BCUT2D eigenvalue weighted by Gasteiger charge is 2.36. The summed E-state index contributed by atoms with van der Waals surface area (Å²) in [6, 6.07) is -0.738. The molecule has 2 rings (SSSR count). The Morgan fingerprint density at radius 2 is 1.58 bits per heavy atom. The van der Waals surface area contributed by atoms with Gasteiger partial charge in [-0.3, -0.25) is 10.9 Å². The molecule has 0 saturated carbocycles. The first-order valence-corrected chi connectivity index (χ1v) is 7.43. The van der Waals surface area contributed by atoms with Gasteiger partial charge in [0.2, 0.25) is 5.82 Å². The van der Waals surface area contributed by atoms with Crippen LogP contribution >= 0.6 is 46.4 Å². The molecule has 3 N–H and O–H groups in total. The maximum atomic E-state index is 13.0. The number of hydrogen-bond donors (Lipinski definition) is 3. The molecule has 0 aliphatic carbocycles. The minimum Gasteiger partial charge on any atom is -0.340 e. The number of amides is 2. The highest BCUT2D eigenvalue weighted by molar-refractivity contribution is 6.55. The van der Waals surface area contributed by atoms with Crippen LogP contribution < -0.4 is 16.2 Å². The molecule has 0 radical (unpaired) electrons. The van der Waals surface area contributed by atoms with Crippen LogP contribution in [-0.2, 0) is 6.18 Å². The summed E-state index contributed by atoms with van der Waals surface area (Å²) in [5.41, 5.74) is 3.90. The number of alkyl halides is 3. The summed E-state index contributed by atoms with van der Waals surface area (Å²) < 4.78 is 39.0. The number of carbonyl (C=O) groups is 1. The summed E-state index contributed by atoms with van der Waals surface area (Å²) in [6.07, 6.45) is -4.88. The van der Waals surface area contributed by atoms with Gasteiger partial charge in [0.25, 0.3) is 0 Å². The summed E-state index contributed by atoms with van der Waals surface area (Å²) in [5, 5.41) is 1.04. The third kappa shape index (κ3) is 3.49. The van der Waals surface area contributed by atoms with E-state index in [9.17, 15) is 18.0 Å². The summed E-state index contributed by atoms with van der Waals surface area (Å²) in [7, 11) is 1.30. The second-order valence-electron chi connectivity index (χ2n) is 4.20. The Labute approximate surface area is 152 Å². The Balaban J connectivity index is 2.79. The van der Waals surface area contributed by atoms with Gasteiger partial charge in [-0.15, -0.1) is 0 Å². The summed E-state index contributed by atoms with van der Waals surface area (Å²) >= 11 is 23.7. The lowest BCUT2D eigenvalue weighted by Crippen LogP contribution is -2.37. The molecule has 1 aromatic carbocycles. The van der Waals surface area contributed by atoms with Crippen molar-refractivity contribution >= 4 is 69.2 Å². The average Bonchev–Trinajstić information content (AvgIpc) is 2.53. The molecule has 0 bridgehead atoms. The molecule has 24 heavy (non-hydrogen) atoms. The molecule has 130 valence electrons. The van der Waals surface area contributed by atoms with Crippen molar-refractivity contribution in [3.8, 4) is 0 Å². The molecule has 0 atom stereocenters. The molecule has 1 aromatic heterocycles. The van der Waals surface area contributed by atoms with E-state index in [1.807, 2.05) is 0 Å². The van der Waals surface area contributed by atoms with Gasteiger partial charge in [0.15, 0.2) is 5.82 Å². The summed E-state index contributed by atoms with van der Waals surface area (Å²) in [6.45, 7) is 0. The smallest absolute Gasteiger partial charge is 0.340 e. The molecule has 0 spiro atoms. The van der Waals surface area contributed by atoms with Crippen LogP contribution in [0.2, 0.25) is 20.1 Å². The number of anilines is 1. The van der Waals surface area contributed by atoms with Gasteiger partial charge in [0, 0.05) is 7.05 Å². The number of benzene rings is 1. The Morgan fingerprint density at radius 3 is 2.12 bits per heavy atom. The van der Waals surface area contributed by atoms with Gasteiger partial charge in [-0.1, -0.05) is 46.4 Å². The first-order valence-electron chi connectivity index (χ1n) is 5.92. The molecule has 13 heteroatoms. The average molecular weight is 423 g/mol. The van der Waals surface area contributed by atoms with E-state index in [1.165, 1.54) is 7.05 Å². The van der Waals surface area contributed by atoms with Crippen molar-refractivity contribution in [2.75, 3.05) is 12.5 Å². The van der Waals surface area contributed by atoms with E-state index in [0.717, 1.165) is 0 Å². The van der Waals surface area contributed by atoms with E-state index in [1.54, 1.807) is 0 Å². The van der Waals surface area contributed by atoms with E-state index in [4.69, 9.17) is 46.4 Å². The van der Waals surface area contributed by atoms with Crippen molar-refractivity contribution in [1.29, 1.82) is 0 Å². The number of rotatable bonds is 2. The van der Waals surface area contributed by atoms with Crippen molar-refractivity contribution < 1.29 is 18.0 Å². The van der Waals surface area contributed by atoms with E-state index in [2.05, 4.69) is 26.1 Å². The number of hydrogen-bond acceptors (Lipinski definition) is 4. The topological polar surface area (TPSA) is 78.9 Å². The van der Waals surface area contributed by atoms with E-state index < -0.39 is 23.8 Å². The molecule has 0 aliphatic heterocycles.